The predicted octanol–water partition coefficient (Wildman–Crippen LogP) is 1.45. The molecular formula is C10H14NO2P. The summed E-state index contributed by atoms with van der Waals surface area (Å²) in [7, 11) is -2.21. The van der Waals surface area contributed by atoms with Gasteiger partial charge in [0.1, 0.15) is 12.9 Å². The summed E-state index contributed by atoms with van der Waals surface area (Å²) in [4.78, 5) is 0. The number of ether oxygens (including phenoxy) is 1. The molecule has 0 unspecified atom stereocenters. The number of benzene rings is 1. The first-order chi connectivity index (χ1) is 6.50. The van der Waals surface area contributed by atoms with E-state index in [0.29, 0.717) is 12.3 Å². The molecule has 0 aromatic heterocycles. The summed E-state index contributed by atoms with van der Waals surface area (Å²) in [6, 6.07) is 3.64. The Hall–Kier alpha value is -0.950. The molecular weight excluding hydrogens is 197 g/mol. The maximum absolute atomic E-state index is 12.0. The van der Waals surface area contributed by atoms with E-state index in [9.17, 15) is 4.57 Å². The molecule has 0 fully saturated rings. The van der Waals surface area contributed by atoms with Crippen LogP contribution in [0.2, 0.25) is 0 Å². The van der Waals surface area contributed by atoms with Gasteiger partial charge >= 0.3 is 0 Å². The molecule has 2 N–H and O–H groups in total. The molecule has 1 heterocycles. The number of hydrogen-bond donors (Lipinski definition) is 1. The lowest BCUT2D eigenvalue weighted by atomic mass is 10.1. The molecule has 4 heteroatoms. The quantitative estimate of drug-likeness (QED) is 0.565. The molecule has 0 atom stereocenters. The van der Waals surface area contributed by atoms with Crippen LogP contribution >= 0.6 is 7.14 Å². The highest BCUT2D eigenvalue weighted by molar-refractivity contribution is 7.70. The Kier molecular flexibility index (Phi) is 2.07. The van der Waals surface area contributed by atoms with Crippen LogP contribution in [0.4, 0.5) is 5.69 Å². The van der Waals surface area contributed by atoms with Gasteiger partial charge < -0.3 is 15.0 Å². The Morgan fingerprint density at radius 1 is 1.43 bits per heavy atom. The zero-order valence-electron chi connectivity index (χ0n) is 8.41. The Morgan fingerprint density at radius 3 is 2.79 bits per heavy atom. The number of nitrogen functional groups attached to an aromatic ring is 1. The van der Waals surface area contributed by atoms with Crippen LogP contribution in [0.1, 0.15) is 5.56 Å². The third kappa shape index (κ3) is 1.42. The van der Waals surface area contributed by atoms with Crippen LogP contribution in [0.5, 0.6) is 5.75 Å². The van der Waals surface area contributed by atoms with Crippen molar-refractivity contribution in [1.82, 2.24) is 0 Å². The molecule has 3 nitrogen and oxygen atoms in total. The van der Waals surface area contributed by atoms with Gasteiger partial charge in [-0.3, -0.25) is 0 Å². The molecule has 1 aliphatic rings. The second-order valence-electron chi connectivity index (χ2n) is 3.93. The highest BCUT2D eigenvalue weighted by atomic mass is 31.2. The first-order valence-electron chi connectivity index (χ1n) is 4.60. The predicted molar refractivity (Wildman–Crippen MR) is 59.1 cm³/mol. The highest BCUT2D eigenvalue weighted by Crippen LogP contribution is 2.41. The third-order valence-electron chi connectivity index (χ3n) is 2.44. The van der Waals surface area contributed by atoms with Gasteiger partial charge in [0.25, 0.3) is 0 Å². The Balaban J connectivity index is 2.66. The first-order valence-corrected chi connectivity index (χ1v) is 7.20. The summed E-state index contributed by atoms with van der Waals surface area (Å²) in [5.74, 6) is 0.742. The monoisotopic (exact) mass is 211 g/mol. The van der Waals surface area contributed by atoms with Crippen LogP contribution in [0.3, 0.4) is 0 Å². The van der Waals surface area contributed by atoms with E-state index < -0.39 is 7.14 Å². The SMILES string of the molecule is CP(C)(=O)c1ccc(N)c2c1CCO2. The van der Waals surface area contributed by atoms with E-state index in [2.05, 4.69) is 0 Å². The summed E-state index contributed by atoms with van der Waals surface area (Å²) in [6.07, 6.45) is 0.821. The van der Waals surface area contributed by atoms with Crippen molar-refractivity contribution in [1.29, 1.82) is 0 Å². The molecule has 0 saturated heterocycles. The third-order valence-corrected chi connectivity index (χ3v) is 4.02. The van der Waals surface area contributed by atoms with Gasteiger partial charge in [-0.2, -0.15) is 0 Å². The number of nitrogens with two attached hydrogens (primary N) is 1. The average molecular weight is 211 g/mol. The summed E-state index contributed by atoms with van der Waals surface area (Å²) in [5.41, 5.74) is 7.46. The van der Waals surface area contributed by atoms with E-state index in [1.807, 2.05) is 6.07 Å². The molecule has 0 bridgehead atoms. The molecule has 1 aromatic rings. The van der Waals surface area contributed by atoms with Crippen molar-refractivity contribution in [2.45, 2.75) is 6.42 Å². The normalized spacial score (nSPS) is 15.0. The molecule has 1 aromatic carbocycles. The summed E-state index contributed by atoms with van der Waals surface area (Å²) in [5, 5.41) is 0.916. The summed E-state index contributed by atoms with van der Waals surface area (Å²) < 4.78 is 17.4. The average Bonchev–Trinajstić information content (AvgIpc) is 2.50. The largest absolute Gasteiger partial charge is 0.491 e. The van der Waals surface area contributed by atoms with Gasteiger partial charge in [0.15, 0.2) is 0 Å². The minimum atomic E-state index is -2.21. The van der Waals surface area contributed by atoms with Crippen LogP contribution in [-0.4, -0.2) is 19.9 Å². The maximum atomic E-state index is 12.0. The second kappa shape index (κ2) is 3.03. The fourth-order valence-corrected chi connectivity index (χ4v) is 3.10. The molecule has 1 aliphatic heterocycles. The molecule has 14 heavy (non-hydrogen) atoms. The minimum absolute atomic E-state index is 0.648. The van der Waals surface area contributed by atoms with Gasteiger partial charge in [-0.1, -0.05) is 0 Å². The minimum Gasteiger partial charge on any atom is -0.491 e. The summed E-state index contributed by atoms with van der Waals surface area (Å²) in [6.45, 7) is 4.20. The van der Waals surface area contributed by atoms with E-state index in [0.717, 1.165) is 23.0 Å². The number of anilines is 1. The molecule has 0 saturated carbocycles. The van der Waals surface area contributed by atoms with Crippen LogP contribution in [0, 0.1) is 0 Å². The number of hydrogen-bond acceptors (Lipinski definition) is 3. The van der Waals surface area contributed by atoms with E-state index >= 15 is 0 Å². The molecule has 0 radical (unpaired) electrons. The number of rotatable bonds is 1. The Bertz CT molecular complexity index is 422. The Morgan fingerprint density at radius 2 is 2.14 bits per heavy atom. The van der Waals surface area contributed by atoms with Crippen molar-refractivity contribution < 1.29 is 9.30 Å². The van der Waals surface area contributed by atoms with Gasteiger partial charge in [-0.25, -0.2) is 0 Å². The fraction of sp³-hybridized carbons (Fsp3) is 0.400. The zero-order chi connectivity index (χ0) is 10.3. The van der Waals surface area contributed by atoms with Crippen molar-refractivity contribution in [3.63, 3.8) is 0 Å². The van der Waals surface area contributed by atoms with Gasteiger partial charge in [-0.05, 0) is 25.5 Å². The van der Waals surface area contributed by atoms with Crippen molar-refractivity contribution in [3.8, 4) is 5.75 Å². The fourth-order valence-electron chi connectivity index (χ4n) is 1.81. The van der Waals surface area contributed by atoms with Crippen LogP contribution < -0.4 is 15.8 Å². The molecule has 2 rings (SSSR count). The van der Waals surface area contributed by atoms with E-state index in [1.54, 1.807) is 19.4 Å². The lowest BCUT2D eigenvalue weighted by Gasteiger charge is -2.12. The number of fused-ring (bicyclic) bond motifs is 1. The maximum Gasteiger partial charge on any atom is 0.146 e. The van der Waals surface area contributed by atoms with Crippen LogP contribution in [0.15, 0.2) is 12.1 Å². The first kappa shape index (κ1) is 9.60. The van der Waals surface area contributed by atoms with Crippen LogP contribution in [-0.2, 0) is 11.0 Å². The summed E-state index contributed by atoms with van der Waals surface area (Å²) >= 11 is 0. The smallest absolute Gasteiger partial charge is 0.146 e. The molecule has 0 amide bonds. The lowest BCUT2D eigenvalue weighted by Crippen LogP contribution is -2.09. The second-order valence-corrected chi connectivity index (χ2v) is 7.11. The van der Waals surface area contributed by atoms with E-state index in [-0.39, 0.29) is 0 Å². The zero-order valence-corrected chi connectivity index (χ0v) is 9.30. The molecule has 76 valence electrons. The van der Waals surface area contributed by atoms with Crippen LogP contribution in [0.25, 0.3) is 0 Å². The van der Waals surface area contributed by atoms with Gasteiger partial charge in [0.05, 0.1) is 12.3 Å². The van der Waals surface area contributed by atoms with Gasteiger partial charge in [0.2, 0.25) is 0 Å². The van der Waals surface area contributed by atoms with E-state index in [1.165, 1.54) is 0 Å². The van der Waals surface area contributed by atoms with Gasteiger partial charge in [0, 0.05) is 17.3 Å². The van der Waals surface area contributed by atoms with Crippen molar-refractivity contribution >= 4 is 18.1 Å². The van der Waals surface area contributed by atoms with Crippen molar-refractivity contribution in [3.05, 3.63) is 17.7 Å². The van der Waals surface area contributed by atoms with Crippen molar-refractivity contribution in [2.24, 2.45) is 0 Å². The lowest BCUT2D eigenvalue weighted by molar-refractivity contribution is 0.358. The van der Waals surface area contributed by atoms with Gasteiger partial charge in [-0.15, -0.1) is 0 Å². The Labute approximate surface area is 83.6 Å². The molecule has 0 aliphatic carbocycles. The van der Waals surface area contributed by atoms with Crippen molar-refractivity contribution in [2.75, 3.05) is 25.7 Å². The molecule has 0 spiro atoms. The standard InChI is InChI=1S/C10H14NO2P/c1-14(2,12)9-4-3-8(11)10-7(9)5-6-13-10/h3-4H,5-6,11H2,1-2H3. The highest BCUT2D eigenvalue weighted by Gasteiger charge is 2.24. The van der Waals surface area contributed by atoms with E-state index in [4.69, 9.17) is 10.5 Å². The topological polar surface area (TPSA) is 52.3 Å².